The monoisotopic (exact) mass is 277 g/mol. The Morgan fingerprint density at radius 3 is 2.65 bits per heavy atom. The van der Waals surface area contributed by atoms with Crippen LogP contribution in [0.5, 0.6) is 11.5 Å². The minimum atomic E-state index is 0.490. The molecule has 0 saturated carbocycles. The molecule has 0 spiro atoms. The van der Waals surface area contributed by atoms with Crippen molar-refractivity contribution >= 4 is 0 Å². The van der Waals surface area contributed by atoms with Gasteiger partial charge in [0.2, 0.25) is 0 Å². The van der Waals surface area contributed by atoms with E-state index in [1.54, 1.807) is 7.11 Å². The first-order valence-electron chi connectivity index (χ1n) is 7.60. The molecule has 0 N–H and O–H groups in total. The van der Waals surface area contributed by atoms with Crippen molar-refractivity contribution in [3.63, 3.8) is 0 Å². The van der Waals surface area contributed by atoms with Crippen LogP contribution in [0.15, 0.2) is 12.1 Å². The maximum absolute atomic E-state index is 5.74. The first-order valence-corrected chi connectivity index (χ1v) is 7.60. The van der Waals surface area contributed by atoms with Gasteiger partial charge in [-0.1, -0.05) is 13.8 Å². The molecule has 0 radical (unpaired) electrons. The maximum atomic E-state index is 5.74. The highest BCUT2D eigenvalue weighted by Gasteiger charge is 2.27. The molecule has 20 heavy (non-hydrogen) atoms. The van der Waals surface area contributed by atoms with Gasteiger partial charge in [-0.15, -0.1) is 0 Å². The zero-order valence-corrected chi connectivity index (χ0v) is 13.4. The Labute approximate surface area is 122 Å². The normalized spacial score (nSPS) is 19.0. The zero-order chi connectivity index (χ0) is 14.7. The highest BCUT2D eigenvalue weighted by atomic mass is 16.5. The number of nitrogens with zero attached hydrogens (tertiary/aromatic N) is 1. The van der Waals surface area contributed by atoms with Crippen LogP contribution in [0.1, 0.15) is 44.4 Å². The molecule has 0 amide bonds. The summed E-state index contributed by atoms with van der Waals surface area (Å²) in [5.41, 5.74) is 2.82. The van der Waals surface area contributed by atoms with Crippen LogP contribution < -0.4 is 9.47 Å². The Morgan fingerprint density at radius 2 is 2.05 bits per heavy atom. The van der Waals surface area contributed by atoms with Crippen LogP contribution in [0.4, 0.5) is 0 Å². The van der Waals surface area contributed by atoms with E-state index in [0.717, 1.165) is 24.5 Å². The summed E-state index contributed by atoms with van der Waals surface area (Å²) >= 11 is 0. The fourth-order valence-electron chi connectivity index (χ4n) is 3.02. The molecule has 0 saturated heterocycles. The van der Waals surface area contributed by atoms with Crippen molar-refractivity contribution in [2.45, 2.75) is 39.7 Å². The lowest BCUT2D eigenvalue weighted by molar-refractivity contribution is 0.201. The standard InChI is InChI=1S/C17H27NO2/c1-6-20-17-11-14-13(10-16(17)19-5)7-8-18(4)15(14)9-12(2)3/h10-12,15H,6-9H2,1-5H3. The van der Waals surface area contributed by atoms with Crippen LogP contribution in [0.25, 0.3) is 0 Å². The fourth-order valence-corrected chi connectivity index (χ4v) is 3.02. The van der Waals surface area contributed by atoms with Gasteiger partial charge in [0.25, 0.3) is 0 Å². The molecule has 0 fully saturated rings. The molecule has 1 heterocycles. The van der Waals surface area contributed by atoms with Gasteiger partial charge in [-0.2, -0.15) is 0 Å². The third kappa shape index (κ3) is 3.09. The van der Waals surface area contributed by atoms with Crippen molar-refractivity contribution in [2.24, 2.45) is 5.92 Å². The van der Waals surface area contributed by atoms with E-state index in [1.165, 1.54) is 17.5 Å². The molecule has 112 valence electrons. The maximum Gasteiger partial charge on any atom is 0.161 e. The van der Waals surface area contributed by atoms with E-state index >= 15 is 0 Å². The average molecular weight is 277 g/mol. The predicted octanol–water partition coefficient (Wildman–Crippen LogP) is 3.67. The molecule has 0 bridgehead atoms. The van der Waals surface area contributed by atoms with Crippen LogP contribution in [-0.2, 0) is 6.42 Å². The predicted molar refractivity (Wildman–Crippen MR) is 82.7 cm³/mol. The summed E-state index contributed by atoms with van der Waals surface area (Å²) in [6.07, 6.45) is 2.27. The highest BCUT2D eigenvalue weighted by Crippen LogP contribution is 2.39. The number of likely N-dealkylation sites (N-methyl/N-ethyl adjacent to an activating group) is 1. The lowest BCUT2D eigenvalue weighted by atomic mass is 9.87. The van der Waals surface area contributed by atoms with Gasteiger partial charge in [-0.25, -0.2) is 0 Å². The van der Waals surface area contributed by atoms with Crippen molar-refractivity contribution in [3.05, 3.63) is 23.3 Å². The lowest BCUT2D eigenvalue weighted by Gasteiger charge is -2.36. The van der Waals surface area contributed by atoms with Crippen molar-refractivity contribution in [3.8, 4) is 11.5 Å². The first-order chi connectivity index (χ1) is 9.56. The van der Waals surface area contributed by atoms with E-state index in [2.05, 4.69) is 37.9 Å². The molecule has 1 unspecified atom stereocenters. The molecule has 1 atom stereocenters. The van der Waals surface area contributed by atoms with E-state index in [9.17, 15) is 0 Å². The lowest BCUT2D eigenvalue weighted by Crippen LogP contribution is -2.33. The van der Waals surface area contributed by atoms with Crippen molar-refractivity contribution in [2.75, 3.05) is 27.3 Å². The largest absolute Gasteiger partial charge is 0.493 e. The summed E-state index contributed by atoms with van der Waals surface area (Å²) in [7, 11) is 3.94. The average Bonchev–Trinajstić information content (AvgIpc) is 2.41. The summed E-state index contributed by atoms with van der Waals surface area (Å²) in [5, 5.41) is 0. The number of hydrogen-bond donors (Lipinski definition) is 0. The number of benzene rings is 1. The summed E-state index contributed by atoms with van der Waals surface area (Å²) in [6.45, 7) is 8.36. The van der Waals surface area contributed by atoms with Gasteiger partial charge >= 0.3 is 0 Å². The van der Waals surface area contributed by atoms with E-state index < -0.39 is 0 Å². The Hall–Kier alpha value is -1.22. The number of rotatable bonds is 5. The van der Waals surface area contributed by atoms with Crippen LogP contribution in [0.2, 0.25) is 0 Å². The minimum Gasteiger partial charge on any atom is -0.493 e. The Kier molecular flexibility index (Phi) is 4.92. The van der Waals surface area contributed by atoms with E-state index in [4.69, 9.17) is 9.47 Å². The minimum absolute atomic E-state index is 0.490. The Morgan fingerprint density at radius 1 is 1.30 bits per heavy atom. The van der Waals surface area contributed by atoms with Crippen LogP contribution >= 0.6 is 0 Å². The number of ether oxygens (including phenoxy) is 2. The van der Waals surface area contributed by atoms with Gasteiger partial charge in [0.05, 0.1) is 13.7 Å². The Balaban J connectivity index is 2.41. The van der Waals surface area contributed by atoms with Gasteiger partial charge in [0.1, 0.15) is 0 Å². The molecule has 1 aromatic carbocycles. The second kappa shape index (κ2) is 6.49. The smallest absolute Gasteiger partial charge is 0.161 e. The van der Waals surface area contributed by atoms with Gasteiger partial charge < -0.3 is 9.47 Å². The van der Waals surface area contributed by atoms with Crippen molar-refractivity contribution in [1.82, 2.24) is 4.90 Å². The molecule has 0 aromatic heterocycles. The van der Waals surface area contributed by atoms with Gasteiger partial charge in [-0.3, -0.25) is 4.90 Å². The number of methoxy groups -OCH3 is 1. The molecular weight excluding hydrogens is 250 g/mol. The highest BCUT2D eigenvalue weighted by molar-refractivity contribution is 5.49. The van der Waals surface area contributed by atoms with Crippen LogP contribution in [0.3, 0.4) is 0 Å². The summed E-state index contributed by atoms with van der Waals surface area (Å²) in [4.78, 5) is 2.46. The third-order valence-electron chi connectivity index (χ3n) is 4.04. The molecule has 1 aliphatic heterocycles. The number of hydrogen-bond acceptors (Lipinski definition) is 3. The summed E-state index contributed by atoms with van der Waals surface area (Å²) in [6, 6.07) is 4.85. The second-order valence-electron chi connectivity index (χ2n) is 6.01. The first kappa shape index (κ1) is 15.2. The fraction of sp³-hybridized carbons (Fsp3) is 0.647. The van der Waals surface area contributed by atoms with Crippen LogP contribution in [0, 0.1) is 5.92 Å². The van der Waals surface area contributed by atoms with Crippen molar-refractivity contribution in [1.29, 1.82) is 0 Å². The van der Waals surface area contributed by atoms with Gasteiger partial charge in [0.15, 0.2) is 11.5 Å². The van der Waals surface area contributed by atoms with Crippen molar-refractivity contribution < 1.29 is 9.47 Å². The number of fused-ring (bicyclic) bond motifs is 1. The van der Waals surface area contributed by atoms with E-state index in [-0.39, 0.29) is 0 Å². The SMILES string of the molecule is CCOc1cc2c(cc1OC)CCN(C)C2CC(C)C. The molecule has 2 rings (SSSR count). The van der Waals surface area contributed by atoms with E-state index in [0.29, 0.717) is 18.6 Å². The molecular formula is C17H27NO2. The van der Waals surface area contributed by atoms with Gasteiger partial charge in [0, 0.05) is 12.6 Å². The third-order valence-corrected chi connectivity index (χ3v) is 4.04. The zero-order valence-electron chi connectivity index (χ0n) is 13.4. The summed E-state index contributed by atoms with van der Waals surface area (Å²) < 4.78 is 11.2. The molecule has 3 nitrogen and oxygen atoms in total. The molecule has 0 aliphatic carbocycles. The van der Waals surface area contributed by atoms with Gasteiger partial charge in [-0.05, 0) is 56.0 Å². The second-order valence-corrected chi connectivity index (χ2v) is 6.01. The van der Waals surface area contributed by atoms with Crippen LogP contribution in [-0.4, -0.2) is 32.2 Å². The topological polar surface area (TPSA) is 21.7 Å². The molecule has 1 aromatic rings. The Bertz CT molecular complexity index is 457. The summed E-state index contributed by atoms with van der Waals surface area (Å²) in [5.74, 6) is 2.42. The van der Waals surface area contributed by atoms with E-state index in [1.807, 2.05) is 6.92 Å². The quantitative estimate of drug-likeness (QED) is 0.819. The molecule has 3 heteroatoms. The molecule has 1 aliphatic rings.